The van der Waals surface area contributed by atoms with Crippen molar-refractivity contribution < 1.29 is 4.79 Å². The van der Waals surface area contributed by atoms with Crippen LogP contribution in [0.2, 0.25) is 0 Å². The number of halogens is 1. The Kier molecular flexibility index (Phi) is 3.81. The second-order valence-electron chi connectivity index (χ2n) is 3.91. The van der Waals surface area contributed by atoms with Crippen LogP contribution in [0.3, 0.4) is 0 Å². The quantitative estimate of drug-likeness (QED) is 0.885. The third-order valence-electron chi connectivity index (χ3n) is 2.76. The zero-order chi connectivity index (χ0) is 10.7. The topological polar surface area (TPSA) is 29.1 Å². The van der Waals surface area contributed by atoms with Gasteiger partial charge < -0.3 is 5.32 Å². The fourth-order valence-electron chi connectivity index (χ4n) is 1.95. The Balaban J connectivity index is 1.94. The van der Waals surface area contributed by atoms with Gasteiger partial charge in [-0.25, -0.2) is 0 Å². The predicted molar refractivity (Wildman–Crippen MR) is 66.4 cm³/mol. The van der Waals surface area contributed by atoms with Gasteiger partial charge in [0, 0.05) is 10.5 Å². The molecule has 1 saturated carbocycles. The van der Waals surface area contributed by atoms with Crippen molar-refractivity contribution in [2.45, 2.75) is 38.1 Å². The van der Waals surface area contributed by atoms with Crippen molar-refractivity contribution in [3.8, 4) is 0 Å². The highest BCUT2D eigenvalue weighted by Crippen LogP contribution is 2.24. The van der Waals surface area contributed by atoms with E-state index < -0.39 is 0 Å². The Morgan fingerprint density at radius 1 is 1.40 bits per heavy atom. The third-order valence-corrected chi connectivity index (χ3v) is 4.60. The summed E-state index contributed by atoms with van der Waals surface area (Å²) < 4.78 is 0.904. The van der Waals surface area contributed by atoms with Gasteiger partial charge in [-0.1, -0.05) is 19.3 Å². The van der Waals surface area contributed by atoms with Crippen LogP contribution in [0.15, 0.2) is 15.9 Å². The first kappa shape index (κ1) is 11.1. The number of amides is 1. The SMILES string of the molecule is O=C(NC1CCCCC1)c1sccc1Br. The molecular formula is C11H14BrNOS. The van der Waals surface area contributed by atoms with Gasteiger partial charge in [0.2, 0.25) is 0 Å². The monoisotopic (exact) mass is 287 g/mol. The lowest BCUT2D eigenvalue weighted by molar-refractivity contribution is 0.0931. The molecule has 1 aliphatic carbocycles. The largest absolute Gasteiger partial charge is 0.349 e. The Bertz CT molecular complexity index is 344. The highest BCUT2D eigenvalue weighted by molar-refractivity contribution is 9.10. The number of rotatable bonds is 2. The van der Waals surface area contributed by atoms with Crippen LogP contribution in [0.1, 0.15) is 41.8 Å². The second-order valence-corrected chi connectivity index (χ2v) is 5.68. The molecule has 0 saturated heterocycles. The van der Waals surface area contributed by atoms with Gasteiger partial charge in [-0.3, -0.25) is 4.79 Å². The maximum Gasteiger partial charge on any atom is 0.262 e. The molecule has 2 nitrogen and oxygen atoms in total. The molecule has 0 bridgehead atoms. The zero-order valence-electron chi connectivity index (χ0n) is 8.46. The Hall–Kier alpha value is -0.350. The van der Waals surface area contributed by atoms with Gasteiger partial charge in [-0.05, 0) is 40.2 Å². The fraction of sp³-hybridized carbons (Fsp3) is 0.545. The summed E-state index contributed by atoms with van der Waals surface area (Å²) in [5.74, 6) is 0.0729. The van der Waals surface area contributed by atoms with E-state index in [-0.39, 0.29) is 5.91 Å². The minimum absolute atomic E-state index is 0.0729. The Labute approximate surface area is 102 Å². The first-order chi connectivity index (χ1) is 7.27. The minimum atomic E-state index is 0.0729. The number of nitrogens with one attached hydrogen (secondary N) is 1. The standard InChI is InChI=1S/C11H14BrNOS/c12-9-6-7-15-10(9)11(14)13-8-4-2-1-3-5-8/h6-8H,1-5H2,(H,13,14). The van der Waals surface area contributed by atoms with Gasteiger partial charge in [0.1, 0.15) is 4.88 Å². The molecule has 2 rings (SSSR count). The highest BCUT2D eigenvalue weighted by Gasteiger charge is 2.18. The molecule has 0 unspecified atom stereocenters. The maximum absolute atomic E-state index is 11.9. The molecular weight excluding hydrogens is 274 g/mol. The molecule has 1 N–H and O–H groups in total. The van der Waals surface area contributed by atoms with Crippen molar-refractivity contribution in [3.63, 3.8) is 0 Å². The molecule has 15 heavy (non-hydrogen) atoms. The molecule has 1 aromatic rings. The molecule has 0 spiro atoms. The lowest BCUT2D eigenvalue weighted by Gasteiger charge is -2.22. The molecule has 0 aliphatic heterocycles. The molecule has 0 aromatic carbocycles. The summed E-state index contributed by atoms with van der Waals surface area (Å²) in [7, 11) is 0. The van der Waals surface area contributed by atoms with E-state index in [4.69, 9.17) is 0 Å². The van der Waals surface area contributed by atoms with E-state index in [1.807, 2.05) is 11.4 Å². The van der Waals surface area contributed by atoms with Crippen LogP contribution in [-0.2, 0) is 0 Å². The first-order valence-electron chi connectivity index (χ1n) is 5.31. The van der Waals surface area contributed by atoms with Crippen molar-refractivity contribution in [1.82, 2.24) is 5.32 Å². The highest BCUT2D eigenvalue weighted by atomic mass is 79.9. The predicted octanol–water partition coefficient (Wildman–Crippen LogP) is 3.57. The van der Waals surface area contributed by atoms with E-state index in [1.165, 1.54) is 30.6 Å². The van der Waals surface area contributed by atoms with Gasteiger partial charge in [-0.2, -0.15) is 0 Å². The third kappa shape index (κ3) is 2.82. The second kappa shape index (κ2) is 5.12. The van der Waals surface area contributed by atoms with E-state index in [2.05, 4.69) is 21.2 Å². The number of carbonyl (C=O) groups excluding carboxylic acids is 1. The van der Waals surface area contributed by atoms with Crippen molar-refractivity contribution in [2.24, 2.45) is 0 Å². The lowest BCUT2D eigenvalue weighted by Crippen LogP contribution is -2.35. The molecule has 1 aromatic heterocycles. The van der Waals surface area contributed by atoms with Crippen molar-refractivity contribution in [1.29, 1.82) is 0 Å². The van der Waals surface area contributed by atoms with E-state index in [0.717, 1.165) is 22.2 Å². The van der Waals surface area contributed by atoms with Crippen LogP contribution in [-0.4, -0.2) is 11.9 Å². The van der Waals surface area contributed by atoms with Crippen LogP contribution in [0.25, 0.3) is 0 Å². The average Bonchev–Trinajstić information content (AvgIpc) is 2.66. The van der Waals surface area contributed by atoms with Gasteiger partial charge in [0.05, 0.1) is 0 Å². The summed E-state index contributed by atoms with van der Waals surface area (Å²) in [6.07, 6.45) is 6.08. The molecule has 0 radical (unpaired) electrons. The molecule has 1 amide bonds. The summed E-state index contributed by atoms with van der Waals surface area (Å²) in [6, 6.07) is 2.31. The van der Waals surface area contributed by atoms with Crippen molar-refractivity contribution in [3.05, 3.63) is 20.8 Å². The molecule has 0 atom stereocenters. The van der Waals surface area contributed by atoms with E-state index in [9.17, 15) is 4.79 Å². The maximum atomic E-state index is 11.9. The fourth-order valence-corrected chi connectivity index (χ4v) is 3.41. The number of carbonyl (C=O) groups is 1. The normalized spacial score (nSPS) is 17.7. The number of thiophene rings is 1. The number of hydrogen-bond acceptors (Lipinski definition) is 2. The van der Waals surface area contributed by atoms with Gasteiger partial charge in [-0.15, -0.1) is 11.3 Å². The van der Waals surface area contributed by atoms with Crippen molar-refractivity contribution >= 4 is 33.2 Å². The van der Waals surface area contributed by atoms with Crippen LogP contribution in [0.4, 0.5) is 0 Å². The van der Waals surface area contributed by atoms with Crippen LogP contribution >= 0.6 is 27.3 Å². The van der Waals surface area contributed by atoms with Crippen molar-refractivity contribution in [2.75, 3.05) is 0 Å². The Morgan fingerprint density at radius 2 is 2.13 bits per heavy atom. The summed E-state index contributed by atoms with van der Waals surface area (Å²) in [5.41, 5.74) is 0. The first-order valence-corrected chi connectivity index (χ1v) is 6.98. The molecule has 1 aliphatic rings. The summed E-state index contributed by atoms with van der Waals surface area (Å²) in [5, 5.41) is 5.03. The number of hydrogen-bond donors (Lipinski definition) is 1. The van der Waals surface area contributed by atoms with E-state index >= 15 is 0 Å². The smallest absolute Gasteiger partial charge is 0.262 e. The summed E-state index contributed by atoms with van der Waals surface area (Å²) in [4.78, 5) is 12.7. The van der Waals surface area contributed by atoms with Gasteiger partial charge in [0.15, 0.2) is 0 Å². The van der Waals surface area contributed by atoms with Gasteiger partial charge >= 0.3 is 0 Å². The molecule has 82 valence electrons. The van der Waals surface area contributed by atoms with Crippen LogP contribution in [0.5, 0.6) is 0 Å². The van der Waals surface area contributed by atoms with E-state index in [1.54, 1.807) is 0 Å². The molecule has 4 heteroatoms. The van der Waals surface area contributed by atoms with Gasteiger partial charge in [0.25, 0.3) is 5.91 Å². The molecule has 1 fully saturated rings. The Morgan fingerprint density at radius 3 is 2.73 bits per heavy atom. The average molecular weight is 288 g/mol. The van der Waals surface area contributed by atoms with Crippen LogP contribution in [0, 0.1) is 0 Å². The summed E-state index contributed by atoms with van der Waals surface area (Å²) >= 11 is 4.87. The molecule has 1 heterocycles. The van der Waals surface area contributed by atoms with Crippen LogP contribution < -0.4 is 5.32 Å². The summed E-state index contributed by atoms with van der Waals surface area (Å²) in [6.45, 7) is 0. The lowest BCUT2D eigenvalue weighted by atomic mass is 9.95. The minimum Gasteiger partial charge on any atom is -0.349 e. The van der Waals surface area contributed by atoms with E-state index in [0.29, 0.717) is 6.04 Å². The zero-order valence-corrected chi connectivity index (χ0v) is 10.9.